The van der Waals surface area contributed by atoms with Crippen molar-refractivity contribution in [3.8, 4) is 0 Å². The van der Waals surface area contributed by atoms with Crippen molar-refractivity contribution in [2.75, 3.05) is 0 Å². The second-order valence-corrected chi connectivity index (χ2v) is 6.40. The summed E-state index contributed by atoms with van der Waals surface area (Å²) in [6.45, 7) is 5.07. The number of benzene rings is 1. The van der Waals surface area contributed by atoms with Gasteiger partial charge >= 0.3 is 0 Å². The molecule has 1 aromatic rings. The molecule has 0 bridgehead atoms. The Morgan fingerprint density at radius 1 is 1.00 bits per heavy atom. The van der Waals surface area contributed by atoms with Gasteiger partial charge in [0.25, 0.3) is 10.1 Å². The van der Waals surface area contributed by atoms with E-state index in [1.165, 1.54) is 56.9 Å². The molecule has 0 aliphatic carbocycles. The molecule has 1 rings (SSSR count). The SMILES string of the molecule is C=CS(=O)(=O)O.CCCCCCCCCc1ccccc1. The quantitative estimate of drug-likeness (QED) is 0.516. The second kappa shape index (κ2) is 12.6. The third-order valence-corrected chi connectivity index (χ3v) is 3.54. The Morgan fingerprint density at radius 2 is 1.48 bits per heavy atom. The number of aryl methyl sites for hydroxylation is 1. The summed E-state index contributed by atoms with van der Waals surface area (Å²) in [5.74, 6) is 0. The smallest absolute Gasteiger partial charge is 0.282 e. The molecule has 0 aliphatic rings. The summed E-state index contributed by atoms with van der Waals surface area (Å²) in [6.07, 6.45) is 11.1. The molecule has 0 aromatic heterocycles. The predicted molar refractivity (Wildman–Crippen MR) is 89.9 cm³/mol. The summed E-state index contributed by atoms with van der Waals surface area (Å²) in [4.78, 5) is 0. The van der Waals surface area contributed by atoms with Gasteiger partial charge in [-0.3, -0.25) is 4.55 Å². The lowest BCUT2D eigenvalue weighted by Crippen LogP contribution is -1.86. The van der Waals surface area contributed by atoms with Gasteiger partial charge in [-0.15, -0.1) is 0 Å². The maximum absolute atomic E-state index is 9.44. The molecule has 0 atom stereocenters. The highest BCUT2D eigenvalue weighted by molar-refractivity contribution is 7.88. The highest BCUT2D eigenvalue weighted by Gasteiger charge is 1.93. The van der Waals surface area contributed by atoms with Gasteiger partial charge in [-0.2, -0.15) is 8.42 Å². The lowest BCUT2D eigenvalue weighted by Gasteiger charge is -2.01. The van der Waals surface area contributed by atoms with E-state index < -0.39 is 10.1 Å². The first-order valence-corrected chi connectivity index (χ1v) is 9.13. The van der Waals surface area contributed by atoms with E-state index in [2.05, 4.69) is 43.8 Å². The first kappa shape index (κ1) is 19.9. The zero-order valence-electron chi connectivity index (χ0n) is 13.0. The van der Waals surface area contributed by atoms with Crippen LogP contribution in [0.15, 0.2) is 42.3 Å². The molecule has 0 heterocycles. The van der Waals surface area contributed by atoms with Gasteiger partial charge in [0.2, 0.25) is 0 Å². The van der Waals surface area contributed by atoms with E-state index in [0.717, 1.165) is 0 Å². The largest absolute Gasteiger partial charge is 0.287 e. The molecular weight excluding hydrogens is 284 g/mol. The molecule has 0 unspecified atom stereocenters. The molecule has 0 saturated heterocycles. The van der Waals surface area contributed by atoms with Crippen LogP contribution in [0.5, 0.6) is 0 Å². The molecule has 0 spiro atoms. The number of rotatable bonds is 9. The lowest BCUT2D eigenvalue weighted by molar-refractivity contribution is 0.494. The van der Waals surface area contributed by atoms with E-state index in [9.17, 15) is 8.42 Å². The van der Waals surface area contributed by atoms with Gasteiger partial charge in [0.05, 0.1) is 5.41 Å². The molecule has 0 amide bonds. The normalized spacial score (nSPS) is 10.6. The van der Waals surface area contributed by atoms with Crippen LogP contribution in [0.2, 0.25) is 0 Å². The molecule has 0 saturated carbocycles. The summed E-state index contributed by atoms with van der Waals surface area (Å²) in [7, 11) is -3.90. The van der Waals surface area contributed by atoms with E-state index in [4.69, 9.17) is 4.55 Å². The fourth-order valence-electron chi connectivity index (χ4n) is 1.93. The van der Waals surface area contributed by atoms with E-state index >= 15 is 0 Å². The Labute approximate surface area is 129 Å². The predicted octanol–water partition coefficient (Wildman–Crippen LogP) is 5.00. The third-order valence-electron chi connectivity index (χ3n) is 3.12. The Bertz CT molecular complexity index is 441. The molecule has 0 aliphatic heterocycles. The van der Waals surface area contributed by atoms with E-state index in [1.54, 1.807) is 0 Å². The van der Waals surface area contributed by atoms with Gasteiger partial charge in [-0.1, -0.05) is 82.4 Å². The molecular formula is C17H28O3S. The van der Waals surface area contributed by atoms with Crippen LogP contribution in [-0.4, -0.2) is 13.0 Å². The average molecular weight is 312 g/mol. The molecule has 1 N–H and O–H groups in total. The van der Waals surface area contributed by atoms with Crippen LogP contribution >= 0.6 is 0 Å². The van der Waals surface area contributed by atoms with Gasteiger partial charge in [0.15, 0.2) is 0 Å². The van der Waals surface area contributed by atoms with Crippen molar-refractivity contribution >= 4 is 10.1 Å². The van der Waals surface area contributed by atoms with Gasteiger partial charge in [-0.05, 0) is 18.4 Å². The first-order chi connectivity index (χ1) is 9.99. The molecule has 3 nitrogen and oxygen atoms in total. The minimum atomic E-state index is -3.90. The molecule has 4 heteroatoms. The fraction of sp³-hybridized carbons (Fsp3) is 0.529. The van der Waals surface area contributed by atoms with Crippen molar-refractivity contribution in [1.82, 2.24) is 0 Å². The molecule has 21 heavy (non-hydrogen) atoms. The van der Waals surface area contributed by atoms with Crippen molar-refractivity contribution in [3.05, 3.63) is 47.9 Å². The molecule has 0 radical (unpaired) electrons. The van der Waals surface area contributed by atoms with Crippen LogP contribution in [-0.2, 0) is 16.5 Å². The number of hydrogen-bond donors (Lipinski definition) is 1. The van der Waals surface area contributed by atoms with Crippen LogP contribution in [0.4, 0.5) is 0 Å². The maximum Gasteiger partial charge on any atom is 0.287 e. The summed E-state index contributed by atoms with van der Waals surface area (Å²) in [5, 5.41) is 0.465. The maximum atomic E-state index is 9.44. The number of unbranched alkanes of at least 4 members (excludes halogenated alkanes) is 6. The molecule has 1 aromatic carbocycles. The first-order valence-electron chi connectivity index (χ1n) is 7.63. The standard InChI is InChI=1S/C15H24.C2H4O3S/c1-2-3-4-5-6-7-9-12-15-13-10-8-11-14-15;1-2-6(3,4)5/h8,10-11,13-14H,2-7,9,12H2,1H3;2H,1H2,(H,3,4,5). The van der Waals surface area contributed by atoms with Crippen LogP contribution in [0, 0.1) is 0 Å². The van der Waals surface area contributed by atoms with Gasteiger partial charge in [0, 0.05) is 0 Å². The molecule has 120 valence electrons. The van der Waals surface area contributed by atoms with Gasteiger partial charge < -0.3 is 0 Å². The van der Waals surface area contributed by atoms with Crippen LogP contribution in [0.3, 0.4) is 0 Å². The monoisotopic (exact) mass is 312 g/mol. The fourth-order valence-corrected chi connectivity index (χ4v) is 1.93. The van der Waals surface area contributed by atoms with E-state index in [-0.39, 0.29) is 0 Å². The van der Waals surface area contributed by atoms with Crippen molar-refractivity contribution in [2.24, 2.45) is 0 Å². The Morgan fingerprint density at radius 3 is 1.95 bits per heavy atom. The van der Waals surface area contributed by atoms with Crippen molar-refractivity contribution in [1.29, 1.82) is 0 Å². The highest BCUT2D eigenvalue weighted by atomic mass is 32.2. The summed E-state index contributed by atoms with van der Waals surface area (Å²) in [5.41, 5.74) is 1.49. The topological polar surface area (TPSA) is 54.4 Å². The van der Waals surface area contributed by atoms with Gasteiger partial charge in [-0.25, -0.2) is 0 Å². The molecule has 0 fully saturated rings. The highest BCUT2D eigenvalue weighted by Crippen LogP contribution is 2.10. The zero-order chi connectivity index (χ0) is 16.0. The zero-order valence-corrected chi connectivity index (χ0v) is 13.8. The lowest BCUT2D eigenvalue weighted by atomic mass is 10.0. The van der Waals surface area contributed by atoms with Crippen molar-refractivity contribution < 1.29 is 13.0 Å². The van der Waals surface area contributed by atoms with Crippen LogP contribution in [0.25, 0.3) is 0 Å². The minimum Gasteiger partial charge on any atom is -0.282 e. The third kappa shape index (κ3) is 15.1. The van der Waals surface area contributed by atoms with Crippen LogP contribution in [0.1, 0.15) is 57.4 Å². The second-order valence-electron chi connectivity index (χ2n) is 5.04. The summed E-state index contributed by atoms with van der Waals surface area (Å²) < 4.78 is 26.6. The van der Waals surface area contributed by atoms with E-state index in [1.807, 2.05) is 0 Å². The van der Waals surface area contributed by atoms with Crippen LogP contribution < -0.4 is 0 Å². The minimum absolute atomic E-state index is 0.465. The number of hydrogen-bond acceptors (Lipinski definition) is 2. The van der Waals surface area contributed by atoms with E-state index in [0.29, 0.717) is 5.41 Å². The summed E-state index contributed by atoms with van der Waals surface area (Å²) >= 11 is 0. The Hall–Kier alpha value is -1.13. The summed E-state index contributed by atoms with van der Waals surface area (Å²) in [6, 6.07) is 10.8. The van der Waals surface area contributed by atoms with Crippen molar-refractivity contribution in [2.45, 2.75) is 58.3 Å². The Kier molecular flexibility index (Phi) is 11.9. The van der Waals surface area contributed by atoms with Gasteiger partial charge in [0.1, 0.15) is 0 Å². The van der Waals surface area contributed by atoms with Crippen molar-refractivity contribution in [3.63, 3.8) is 0 Å². The average Bonchev–Trinajstić information content (AvgIpc) is 2.47. The Balaban J connectivity index is 0.000000567.